The minimum absolute atomic E-state index is 0. The molecule has 0 radical (unpaired) electrons. The Bertz CT molecular complexity index is 606. The maximum atomic E-state index is 13.2. The van der Waals surface area contributed by atoms with Gasteiger partial charge in [0.25, 0.3) is 0 Å². The summed E-state index contributed by atoms with van der Waals surface area (Å²) in [6.45, 7) is 3.35. The first-order valence-corrected chi connectivity index (χ1v) is 9.91. The fourth-order valence-corrected chi connectivity index (χ4v) is 4.99. The van der Waals surface area contributed by atoms with E-state index in [1.807, 2.05) is 0 Å². The van der Waals surface area contributed by atoms with Gasteiger partial charge in [0, 0.05) is 25.6 Å². The van der Waals surface area contributed by atoms with Crippen molar-refractivity contribution in [2.45, 2.75) is 44.7 Å². The normalized spacial score (nSPS) is 27.3. The van der Waals surface area contributed by atoms with Crippen LogP contribution >= 0.6 is 23.7 Å². The minimum Gasteiger partial charge on any atom is -0.355 e. The number of nitrogens with one attached hydrogen (secondary N) is 2. The lowest BCUT2D eigenvalue weighted by atomic mass is 9.92. The fraction of sp³-hybridized carbons (Fsp3) is 0.667. The number of nitrogens with zero attached hydrogens (tertiary/aromatic N) is 1. The van der Waals surface area contributed by atoms with Crippen LogP contribution in [0.3, 0.4) is 0 Å². The summed E-state index contributed by atoms with van der Waals surface area (Å²) < 4.78 is 0. The van der Waals surface area contributed by atoms with Crippen molar-refractivity contribution in [1.82, 2.24) is 15.5 Å². The summed E-state index contributed by atoms with van der Waals surface area (Å²) in [7, 11) is 0. The van der Waals surface area contributed by atoms with Gasteiger partial charge in [0.15, 0.2) is 0 Å². The zero-order valence-electron chi connectivity index (χ0n) is 14.3. The quantitative estimate of drug-likeness (QED) is 0.837. The van der Waals surface area contributed by atoms with Crippen LogP contribution in [-0.2, 0) is 16.1 Å². The Morgan fingerprint density at radius 3 is 2.80 bits per heavy atom. The standard InChI is InChI=1S/C18H25N3O2S.ClH/c22-16-2-1-14(10-20-16)17(23)21(11-13-3-8-24-12-13)15-9-18(15)4-6-19-7-5-18;/h3,8,12,14-15,19H,1-2,4-7,9-11H2,(H,20,22);1H. The first kappa shape index (κ1) is 18.7. The van der Waals surface area contributed by atoms with E-state index in [2.05, 4.69) is 32.4 Å². The molecule has 138 valence electrons. The van der Waals surface area contributed by atoms with E-state index in [0.29, 0.717) is 37.4 Å². The van der Waals surface area contributed by atoms with Crippen molar-refractivity contribution in [2.75, 3.05) is 19.6 Å². The smallest absolute Gasteiger partial charge is 0.228 e. The average molecular weight is 384 g/mol. The number of carbonyl (C=O) groups excluding carboxylic acids is 2. The predicted octanol–water partition coefficient (Wildman–Crippen LogP) is 2.17. The lowest BCUT2D eigenvalue weighted by molar-refractivity contribution is -0.139. The van der Waals surface area contributed by atoms with Crippen molar-refractivity contribution >= 4 is 35.6 Å². The number of carbonyl (C=O) groups is 2. The summed E-state index contributed by atoms with van der Waals surface area (Å²) in [4.78, 5) is 26.7. The summed E-state index contributed by atoms with van der Waals surface area (Å²) in [6.07, 6.45) is 4.65. The number of thiophene rings is 1. The van der Waals surface area contributed by atoms with E-state index in [1.54, 1.807) is 11.3 Å². The summed E-state index contributed by atoms with van der Waals surface area (Å²) in [5.74, 6) is 0.256. The van der Waals surface area contributed by atoms with Crippen LogP contribution in [0, 0.1) is 11.3 Å². The van der Waals surface area contributed by atoms with Gasteiger partial charge < -0.3 is 15.5 Å². The van der Waals surface area contributed by atoms with E-state index >= 15 is 0 Å². The Labute approximate surface area is 158 Å². The third-order valence-electron chi connectivity index (χ3n) is 5.95. The van der Waals surface area contributed by atoms with E-state index < -0.39 is 0 Å². The number of piperidine rings is 2. The van der Waals surface area contributed by atoms with Gasteiger partial charge in [-0.1, -0.05) is 0 Å². The molecular formula is C18H26ClN3O2S. The van der Waals surface area contributed by atoms with Gasteiger partial charge in [0.1, 0.15) is 0 Å². The molecule has 1 aromatic rings. The van der Waals surface area contributed by atoms with Crippen LogP contribution in [0.15, 0.2) is 16.8 Å². The predicted molar refractivity (Wildman–Crippen MR) is 101 cm³/mol. The summed E-state index contributed by atoms with van der Waals surface area (Å²) >= 11 is 1.68. The Morgan fingerprint density at radius 1 is 1.36 bits per heavy atom. The molecule has 0 aromatic carbocycles. The molecule has 3 fully saturated rings. The molecule has 3 aliphatic rings. The molecule has 2 amide bonds. The number of amides is 2. The molecule has 25 heavy (non-hydrogen) atoms. The highest BCUT2D eigenvalue weighted by Crippen LogP contribution is 2.56. The first-order chi connectivity index (χ1) is 11.7. The molecule has 2 aliphatic heterocycles. The highest BCUT2D eigenvalue weighted by molar-refractivity contribution is 7.07. The first-order valence-electron chi connectivity index (χ1n) is 8.97. The SMILES string of the molecule is Cl.O=C1CCC(C(=O)N(Cc2ccsc2)C2CC23CCNCC3)CN1. The maximum absolute atomic E-state index is 13.2. The second-order valence-electron chi connectivity index (χ2n) is 7.47. The highest BCUT2D eigenvalue weighted by atomic mass is 35.5. The van der Waals surface area contributed by atoms with Crippen LogP contribution in [0.2, 0.25) is 0 Å². The third kappa shape index (κ3) is 3.86. The topological polar surface area (TPSA) is 61.4 Å². The summed E-state index contributed by atoms with van der Waals surface area (Å²) in [6, 6.07) is 2.50. The molecule has 1 aromatic heterocycles. The van der Waals surface area contributed by atoms with Gasteiger partial charge in [-0.3, -0.25) is 9.59 Å². The van der Waals surface area contributed by atoms with Crippen molar-refractivity contribution in [3.63, 3.8) is 0 Å². The Balaban J connectivity index is 0.00000182. The highest BCUT2D eigenvalue weighted by Gasteiger charge is 2.58. The van der Waals surface area contributed by atoms with Crippen LogP contribution in [0.1, 0.15) is 37.7 Å². The van der Waals surface area contributed by atoms with Crippen LogP contribution in [0.4, 0.5) is 0 Å². The van der Waals surface area contributed by atoms with Gasteiger partial charge in [-0.15, -0.1) is 12.4 Å². The van der Waals surface area contributed by atoms with Gasteiger partial charge in [-0.25, -0.2) is 0 Å². The molecule has 7 heteroatoms. The summed E-state index contributed by atoms with van der Waals surface area (Å²) in [5, 5.41) is 10.5. The Kier molecular flexibility index (Phi) is 5.71. The second kappa shape index (κ2) is 7.64. The molecule has 2 unspecified atom stereocenters. The van der Waals surface area contributed by atoms with Crippen molar-refractivity contribution in [3.05, 3.63) is 22.4 Å². The van der Waals surface area contributed by atoms with E-state index in [9.17, 15) is 9.59 Å². The number of hydrogen-bond donors (Lipinski definition) is 2. The number of hydrogen-bond acceptors (Lipinski definition) is 4. The molecule has 1 spiro atoms. The number of halogens is 1. The fourth-order valence-electron chi connectivity index (χ4n) is 4.33. The second-order valence-corrected chi connectivity index (χ2v) is 8.25. The Morgan fingerprint density at radius 2 is 2.16 bits per heavy atom. The van der Waals surface area contributed by atoms with Gasteiger partial charge in [-0.05, 0) is 66.6 Å². The largest absolute Gasteiger partial charge is 0.355 e. The zero-order valence-corrected chi connectivity index (χ0v) is 16.0. The average Bonchev–Trinajstić information content (AvgIpc) is 3.04. The van der Waals surface area contributed by atoms with Crippen molar-refractivity contribution in [3.8, 4) is 0 Å². The Hall–Kier alpha value is -1.11. The number of rotatable bonds is 4. The van der Waals surface area contributed by atoms with Gasteiger partial charge in [-0.2, -0.15) is 11.3 Å². The molecule has 4 rings (SSSR count). The van der Waals surface area contributed by atoms with Crippen LogP contribution in [-0.4, -0.2) is 42.4 Å². The molecule has 1 saturated carbocycles. The molecule has 5 nitrogen and oxygen atoms in total. The molecular weight excluding hydrogens is 358 g/mol. The third-order valence-corrected chi connectivity index (χ3v) is 6.69. The van der Waals surface area contributed by atoms with Crippen molar-refractivity contribution < 1.29 is 9.59 Å². The van der Waals surface area contributed by atoms with Crippen molar-refractivity contribution in [2.24, 2.45) is 11.3 Å². The van der Waals surface area contributed by atoms with E-state index in [-0.39, 0.29) is 30.1 Å². The van der Waals surface area contributed by atoms with Gasteiger partial charge in [0.05, 0.1) is 5.92 Å². The molecule has 2 N–H and O–H groups in total. The lowest BCUT2D eigenvalue weighted by Gasteiger charge is -2.33. The molecule has 0 bridgehead atoms. The lowest BCUT2D eigenvalue weighted by Crippen LogP contribution is -2.47. The van der Waals surface area contributed by atoms with Crippen LogP contribution in [0.5, 0.6) is 0 Å². The molecule has 2 saturated heterocycles. The molecule has 2 atom stereocenters. The maximum Gasteiger partial charge on any atom is 0.228 e. The van der Waals surface area contributed by atoms with Gasteiger partial charge >= 0.3 is 0 Å². The zero-order chi connectivity index (χ0) is 16.6. The summed E-state index contributed by atoms with van der Waals surface area (Å²) in [5.41, 5.74) is 1.57. The van der Waals surface area contributed by atoms with E-state index in [4.69, 9.17) is 0 Å². The minimum atomic E-state index is -0.0549. The monoisotopic (exact) mass is 383 g/mol. The van der Waals surface area contributed by atoms with Crippen LogP contribution in [0.25, 0.3) is 0 Å². The van der Waals surface area contributed by atoms with Crippen LogP contribution < -0.4 is 10.6 Å². The van der Waals surface area contributed by atoms with E-state index in [1.165, 1.54) is 18.4 Å². The van der Waals surface area contributed by atoms with E-state index in [0.717, 1.165) is 19.5 Å². The van der Waals surface area contributed by atoms with Crippen molar-refractivity contribution in [1.29, 1.82) is 0 Å². The molecule has 3 heterocycles. The van der Waals surface area contributed by atoms with Gasteiger partial charge in [0.2, 0.25) is 11.8 Å². The molecule has 1 aliphatic carbocycles.